The van der Waals surface area contributed by atoms with Gasteiger partial charge >= 0.3 is 25.7 Å². The second-order valence-corrected chi connectivity index (χ2v) is 14.9. The van der Waals surface area contributed by atoms with Crippen molar-refractivity contribution >= 4 is 25.7 Å². The summed E-state index contributed by atoms with van der Waals surface area (Å²) >= 11 is 0. The van der Waals surface area contributed by atoms with Crippen molar-refractivity contribution < 1.29 is 47.5 Å². The lowest BCUT2D eigenvalue weighted by Crippen LogP contribution is -2.34. The minimum atomic E-state index is -4.72. The van der Waals surface area contributed by atoms with Gasteiger partial charge < -0.3 is 25.2 Å². The van der Waals surface area contributed by atoms with Crippen molar-refractivity contribution in [3.05, 3.63) is 36.5 Å². The van der Waals surface area contributed by atoms with Gasteiger partial charge in [0.15, 0.2) is 6.10 Å². The van der Waals surface area contributed by atoms with Crippen LogP contribution in [0.5, 0.6) is 0 Å². The van der Waals surface area contributed by atoms with Gasteiger partial charge in [-0.3, -0.25) is 23.4 Å². The zero-order valence-corrected chi connectivity index (χ0v) is 33.3. The molecule has 3 atom stereocenters. The van der Waals surface area contributed by atoms with E-state index in [1.54, 1.807) is 0 Å². The van der Waals surface area contributed by atoms with Crippen molar-refractivity contribution in [3.63, 3.8) is 0 Å². The maximum atomic E-state index is 12.6. The normalized spacial score (nSPS) is 14.2. The molecule has 0 rings (SSSR count). The number of carbonyl (C=O) groups is 3. The molecule has 0 aliphatic heterocycles. The van der Waals surface area contributed by atoms with Crippen LogP contribution in [-0.4, -0.2) is 59.9 Å². The standard InChI is InChI=1S/C40H72NO10P/c1-3-5-7-9-11-13-15-17-19-21-23-25-27-29-31-38(42)48-33-36(34-49-52(46,47)50-35-37(41)40(44)45)51-39(43)32-30-28-26-24-22-20-18-16-14-12-10-8-6-4-2/h9,11,15-18,36-37H,3-8,10,12-14,19-35,41H2,1-2H3,(H,44,45)(H,46,47)/b11-9-,17-15-,18-16-/t36-,37+/m1/s1. The number of aliphatic carboxylic acids is 1. The van der Waals surface area contributed by atoms with E-state index in [0.29, 0.717) is 12.8 Å². The van der Waals surface area contributed by atoms with Crippen LogP contribution in [0.1, 0.15) is 168 Å². The molecule has 0 aliphatic carbocycles. The van der Waals surface area contributed by atoms with Gasteiger partial charge in [-0.05, 0) is 64.2 Å². The number of esters is 2. The van der Waals surface area contributed by atoms with Gasteiger partial charge in [-0.25, -0.2) is 4.57 Å². The zero-order chi connectivity index (χ0) is 38.5. The van der Waals surface area contributed by atoms with Crippen LogP contribution in [0.25, 0.3) is 0 Å². The highest BCUT2D eigenvalue weighted by Gasteiger charge is 2.28. The maximum absolute atomic E-state index is 12.6. The van der Waals surface area contributed by atoms with E-state index < -0.39 is 51.1 Å². The molecule has 0 aliphatic rings. The minimum Gasteiger partial charge on any atom is -0.480 e. The monoisotopic (exact) mass is 757 g/mol. The number of phosphoric ester groups is 1. The first-order chi connectivity index (χ1) is 25.1. The summed E-state index contributed by atoms with van der Waals surface area (Å²) in [6.45, 7) is 2.71. The van der Waals surface area contributed by atoms with Gasteiger partial charge in [0.05, 0.1) is 13.2 Å². The summed E-state index contributed by atoms with van der Waals surface area (Å²) in [7, 11) is -4.72. The molecule has 0 amide bonds. The molecule has 52 heavy (non-hydrogen) atoms. The lowest BCUT2D eigenvalue weighted by atomic mass is 10.1. The number of hydrogen-bond acceptors (Lipinski definition) is 9. The highest BCUT2D eigenvalue weighted by Crippen LogP contribution is 2.43. The minimum absolute atomic E-state index is 0.148. The fourth-order valence-electron chi connectivity index (χ4n) is 5.13. The number of carboxylic acid groups (broad SMARTS) is 1. The molecule has 12 heteroatoms. The van der Waals surface area contributed by atoms with E-state index >= 15 is 0 Å². The third kappa shape index (κ3) is 34.8. The van der Waals surface area contributed by atoms with Crippen molar-refractivity contribution in [2.24, 2.45) is 5.73 Å². The Labute approximate surface area is 314 Å². The molecule has 0 spiro atoms. The third-order valence-corrected chi connectivity index (χ3v) is 9.31. The third-order valence-electron chi connectivity index (χ3n) is 8.36. The number of allylic oxidation sites excluding steroid dienone is 6. The molecular formula is C40H72NO10P. The van der Waals surface area contributed by atoms with Crippen LogP contribution in [0.2, 0.25) is 0 Å². The van der Waals surface area contributed by atoms with Gasteiger partial charge in [0, 0.05) is 12.8 Å². The fraction of sp³-hybridized carbons (Fsp3) is 0.775. The number of ether oxygens (including phenoxy) is 2. The van der Waals surface area contributed by atoms with Gasteiger partial charge in [-0.2, -0.15) is 0 Å². The second-order valence-electron chi connectivity index (χ2n) is 13.4. The fourth-order valence-corrected chi connectivity index (χ4v) is 5.91. The lowest BCUT2D eigenvalue weighted by Gasteiger charge is -2.20. The summed E-state index contributed by atoms with van der Waals surface area (Å²) in [5.41, 5.74) is 5.32. The molecule has 0 fully saturated rings. The van der Waals surface area contributed by atoms with Crippen LogP contribution in [0.3, 0.4) is 0 Å². The van der Waals surface area contributed by atoms with Crippen molar-refractivity contribution in [1.82, 2.24) is 0 Å². The summed E-state index contributed by atoms with van der Waals surface area (Å²) in [6, 6.07) is -1.52. The van der Waals surface area contributed by atoms with Gasteiger partial charge in [0.1, 0.15) is 12.6 Å². The van der Waals surface area contributed by atoms with Crippen LogP contribution in [0, 0.1) is 0 Å². The Bertz CT molecular complexity index is 1030. The summed E-state index contributed by atoms with van der Waals surface area (Å²) < 4.78 is 32.6. The van der Waals surface area contributed by atoms with Crippen LogP contribution in [-0.2, 0) is 37.5 Å². The van der Waals surface area contributed by atoms with Crippen molar-refractivity contribution in [1.29, 1.82) is 0 Å². The molecule has 0 aromatic heterocycles. The van der Waals surface area contributed by atoms with Crippen molar-refractivity contribution in [3.8, 4) is 0 Å². The molecule has 0 saturated heterocycles. The molecule has 11 nitrogen and oxygen atoms in total. The average molecular weight is 758 g/mol. The Morgan fingerprint density at radius 3 is 1.58 bits per heavy atom. The number of carboxylic acids is 1. The van der Waals surface area contributed by atoms with E-state index in [1.165, 1.54) is 44.9 Å². The number of carbonyl (C=O) groups excluding carboxylic acids is 2. The van der Waals surface area contributed by atoms with E-state index in [1.807, 2.05) is 0 Å². The highest BCUT2D eigenvalue weighted by atomic mass is 31.2. The molecule has 0 aromatic rings. The number of rotatable bonds is 37. The van der Waals surface area contributed by atoms with E-state index in [9.17, 15) is 23.8 Å². The Kier molecular flexibility index (Phi) is 34.1. The van der Waals surface area contributed by atoms with E-state index in [0.717, 1.165) is 83.5 Å². The van der Waals surface area contributed by atoms with Gasteiger partial charge in [0.2, 0.25) is 0 Å². The van der Waals surface area contributed by atoms with Gasteiger partial charge in [-0.15, -0.1) is 0 Å². The first-order valence-electron chi connectivity index (χ1n) is 20.0. The largest absolute Gasteiger partial charge is 0.480 e. The first-order valence-corrected chi connectivity index (χ1v) is 21.5. The quantitative estimate of drug-likeness (QED) is 0.0238. The van der Waals surface area contributed by atoms with Crippen LogP contribution >= 0.6 is 7.82 Å². The Balaban J connectivity index is 4.46. The Hall–Kier alpha value is -2.30. The molecule has 0 saturated carbocycles. The molecule has 302 valence electrons. The first kappa shape index (κ1) is 49.7. The van der Waals surface area contributed by atoms with Crippen LogP contribution < -0.4 is 5.73 Å². The summed E-state index contributed by atoms with van der Waals surface area (Å²) in [4.78, 5) is 45.8. The number of unbranched alkanes of at least 4 members (excludes halogenated alkanes) is 17. The summed E-state index contributed by atoms with van der Waals surface area (Å²) in [5.74, 6) is -2.41. The Morgan fingerprint density at radius 1 is 0.596 bits per heavy atom. The van der Waals surface area contributed by atoms with Crippen LogP contribution in [0.4, 0.5) is 0 Å². The second kappa shape index (κ2) is 35.7. The molecule has 4 N–H and O–H groups in total. The Morgan fingerprint density at radius 2 is 1.04 bits per heavy atom. The predicted molar refractivity (Wildman–Crippen MR) is 208 cm³/mol. The van der Waals surface area contributed by atoms with E-state index in [4.69, 9.17) is 24.8 Å². The topological polar surface area (TPSA) is 172 Å². The average Bonchev–Trinajstić information content (AvgIpc) is 3.12. The number of nitrogens with two attached hydrogens (primary N) is 1. The molecule has 0 aromatic carbocycles. The van der Waals surface area contributed by atoms with Gasteiger partial charge in [-0.1, -0.05) is 127 Å². The van der Waals surface area contributed by atoms with Crippen molar-refractivity contribution in [2.45, 2.75) is 180 Å². The summed E-state index contributed by atoms with van der Waals surface area (Å²) in [5, 5.41) is 8.86. The maximum Gasteiger partial charge on any atom is 0.472 e. The predicted octanol–water partition coefficient (Wildman–Crippen LogP) is 10.1. The number of phosphoric acid groups is 1. The molecule has 0 radical (unpaired) electrons. The lowest BCUT2D eigenvalue weighted by molar-refractivity contribution is -0.161. The molecule has 0 bridgehead atoms. The summed E-state index contributed by atoms with van der Waals surface area (Å²) in [6.07, 6.45) is 36.4. The number of hydrogen-bond donors (Lipinski definition) is 3. The molecule has 0 heterocycles. The smallest absolute Gasteiger partial charge is 0.472 e. The highest BCUT2D eigenvalue weighted by molar-refractivity contribution is 7.47. The van der Waals surface area contributed by atoms with Crippen LogP contribution in [0.15, 0.2) is 36.5 Å². The van der Waals surface area contributed by atoms with Crippen molar-refractivity contribution in [2.75, 3.05) is 19.8 Å². The van der Waals surface area contributed by atoms with E-state index in [2.05, 4.69) is 54.8 Å². The van der Waals surface area contributed by atoms with Gasteiger partial charge in [0.25, 0.3) is 0 Å². The molecule has 1 unspecified atom stereocenters. The SMILES string of the molecule is CCCC/C=C\C/C=C\CCCCCCCC(=O)OC[C@H](COP(=O)(O)OC[C@H](N)C(=O)O)OC(=O)CCCCCCC/C=C\CCCCCCC. The molecular weight excluding hydrogens is 685 g/mol. The van der Waals surface area contributed by atoms with E-state index in [-0.39, 0.29) is 19.4 Å². The zero-order valence-electron chi connectivity index (χ0n) is 32.4.